The average Bonchev–Trinajstić information content (AvgIpc) is 2.55. The lowest BCUT2D eigenvalue weighted by Gasteiger charge is -2.43. The van der Waals surface area contributed by atoms with E-state index in [1.807, 2.05) is 29.2 Å². The molecule has 0 spiro atoms. The summed E-state index contributed by atoms with van der Waals surface area (Å²) in [6.45, 7) is 0.653. The predicted octanol–water partition coefficient (Wildman–Crippen LogP) is 2.16. The third-order valence-electron chi connectivity index (χ3n) is 4.29. The molecular formula is C17H17FN2O3. The Balaban J connectivity index is 1.85. The average molecular weight is 316 g/mol. The van der Waals surface area contributed by atoms with E-state index >= 15 is 0 Å². The first-order valence-corrected chi connectivity index (χ1v) is 7.52. The van der Waals surface area contributed by atoms with E-state index in [-0.39, 0.29) is 11.9 Å². The van der Waals surface area contributed by atoms with Crippen LogP contribution in [-0.4, -0.2) is 36.5 Å². The van der Waals surface area contributed by atoms with Crippen LogP contribution < -0.4 is 15.4 Å². The molecular weight excluding hydrogens is 299 g/mol. The van der Waals surface area contributed by atoms with Gasteiger partial charge in [0.15, 0.2) is 11.5 Å². The Labute approximate surface area is 133 Å². The highest BCUT2D eigenvalue weighted by molar-refractivity contribution is 5.78. The predicted molar refractivity (Wildman–Crippen MR) is 83.6 cm³/mol. The second-order valence-electron chi connectivity index (χ2n) is 5.81. The van der Waals surface area contributed by atoms with E-state index < -0.39 is 12.1 Å². The van der Waals surface area contributed by atoms with Crippen molar-refractivity contribution in [3.05, 3.63) is 48.3 Å². The summed E-state index contributed by atoms with van der Waals surface area (Å²) in [7, 11) is 0. The number of para-hydroxylation sites is 2. The molecule has 3 N–H and O–H groups in total. The summed E-state index contributed by atoms with van der Waals surface area (Å²) in [5.74, 6) is 0.646. The van der Waals surface area contributed by atoms with E-state index in [1.165, 1.54) is 12.1 Å². The van der Waals surface area contributed by atoms with Crippen LogP contribution in [0, 0.1) is 5.82 Å². The largest absolute Gasteiger partial charge is 0.453 e. The monoisotopic (exact) mass is 316 g/mol. The number of nitrogens with zero attached hydrogens (tertiary/aromatic N) is 1. The molecule has 0 bridgehead atoms. The van der Waals surface area contributed by atoms with Crippen LogP contribution in [0.25, 0.3) is 0 Å². The molecule has 5 nitrogen and oxygen atoms in total. The summed E-state index contributed by atoms with van der Waals surface area (Å²) < 4.78 is 24.9. The number of ether oxygens (including phenoxy) is 2. The number of halogens is 1. The van der Waals surface area contributed by atoms with Crippen molar-refractivity contribution in [2.45, 2.75) is 18.2 Å². The Bertz CT molecular complexity index is 740. The fraction of sp³-hybridized carbons (Fsp3) is 0.294. The number of benzene rings is 2. The zero-order chi connectivity index (χ0) is 16.0. The van der Waals surface area contributed by atoms with Crippen molar-refractivity contribution >= 4 is 11.4 Å². The first-order chi connectivity index (χ1) is 11.1. The molecule has 0 amide bonds. The number of aliphatic hydroxyl groups excluding tert-OH is 1. The molecule has 6 heteroatoms. The number of hydrogen-bond donors (Lipinski definition) is 2. The molecule has 0 radical (unpaired) electrons. The van der Waals surface area contributed by atoms with Gasteiger partial charge in [0.1, 0.15) is 5.82 Å². The van der Waals surface area contributed by atoms with Crippen molar-refractivity contribution in [1.82, 2.24) is 0 Å². The van der Waals surface area contributed by atoms with E-state index in [1.54, 1.807) is 6.07 Å². The second-order valence-corrected chi connectivity index (χ2v) is 5.81. The highest BCUT2D eigenvalue weighted by Crippen LogP contribution is 2.48. The van der Waals surface area contributed by atoms with Gasteiger partial charge >= 0.3 is 0 Å². The van der Waals surface area contributed by atoms with Gasteiger partial charge in [-0.1, -0.05) is 12.1 Å². The molecule has 1 saturated heterocycles. The van der Waals surface area contributed by atoms with Gasteiger partial charge in [0.25, 0.3) is 0 Å². The van der Waals surface area contributed by atoms with Crippen LogP contribution in [0.5, 0.6) is 11.5 Å². The van der Waals surface area contributed by atoms with Crippen molar-refractivity contribution in [2.75, 3.05) is 18.1 Å². The van der Waals surface area contributed by atoms with E-state index in [9.17, 15) is 9.50 Å². The molecule has 2 aromatic carbocycles. The van der Waals surface area contributed by atoms with Crippen molar-refractivity contribution in [3.63, 3.8) is 0 Å². The van der Waals surface area contributed by atoms with E-state index in [0.717, 1.165) is 5.69 Å². The van der Waals surface area contributed by atoms with Crippen molar-refractivity contribution < 1.29 is 19.0 Å². The van der Waals surface area contributed by atoms with Crippen LogP contribution in [0.3, 0.4) is 0 Å². The van der Waals surface area contributed by atoms with Crippen LogP contribution in [0.2, 0.25) is 0 Å². The van der Waals surface area contributed by atoms with Crippen molar-refractivity contribution in [1.29, 1.82) is 0 Å². The Morgan fingerprint density at radius 3 is 2.74 bits per heavy atom. The highest BCUT2D eigenvalue weighted by atomic mass is 19.1. The normalized spacial score (nSPS) is 26.2. The lowest BCUT2D eigenvalue weighted by atomic mass is 9.98. The molecule has 2 aliphatic rings. The molecule has 0 aromatic heterocycles. The standard InChI is InChI=1S/C17H17FN2O3/c18-10-5-6-13-16(7-10)23-15-4-2-1-3-12(15)20(13)14-9-22-8-11(19)17(14)21/h1-7,11,14,17,21H,8-9,19H2/t11-,14+,17+/m1/s1. The Morgan fingerprint density at radius 2 is 1.87 bits per heavy atom. The topological polar surface area (TPSA) is 68.0 Å². The SMILES string of the molecule is N[C@@H]1COC[C@H](N2c3ccccc3Oc3cc(F)ccc32)[C@H]1O. The fourth-order valence-corrected chi connectivity index (χ4v) is 3.15. The maximum atomic E-state index is 13.6. The lowest BCUT2D eigenvalue weighted by molar-refractivity contribution is -0.0195. The van der Waals surface area contributed by atoms with Gasteiger partial charge in [0.2, 0.25) is 0 Å². The van der Waals surface area contributed by atoms with Crippen LogP contribution in [0.4, 0.5) is 15.8 Å². The van der Waals surface area contributed by atoms with Crippen LogP contribution >= 0.6 is 0 Å². The number of nitrogens with two attached hydrogens (primary N) is 1. The second kappa shape index (κ2) is 5.49. The lowest BCUT2D eigenvalue weighted by Crippen LogP contribution is -2.58. The van der Waals surface area contributed by atoms with E-state index in [2.05, 4.69) is 0 Å². The molecule has 0 aliphatic carbocycles. The fourth-order valence-electron chi connectivity index (χ4n) is 3.15. The van der Waals surface area contributed by atoms with Gasteiger partial charge in [0, 0.05) is 6.07 Å². The van der Waals surface area contributed by atoms with Gasteiger partial charge in [0.05, 0.1) is 42.8 Å². The Kier molecular flexibility index (Phi) is 3.45. The smallest absolute Gasteiger partial charge is 0.154 e. The van der Waals surface area contributed by atoms with Crippen molar-refractivity contribution in [3.8, 4) is 11.5 Å². The summed E-state index contributed by atoms with van der Waals surface area (Å²) in [6.07, 6.45) is -0.757. The summed E-state index contributed by atoms with van der Waals surface area (Å²) >= 11 is 0. The van der Waals surface area contributed by atoms with Crippen molar-refractivity contribution in [2.24, 2.45) is 5.73 Å². The van der Waals surface area contributed by atoms with Gasteiger partial charge < -0.3 is 25.2 Å². The molecule has 2 heterocycles. The summed E-state index contributed by atoms with van der Waals surface area (Å²) in [5, 5.41) is 10.5. The van der Waals surface area contributed by atoms with Crippen LogP contribution in [0.1, 0.15) is 0 Å². The number of aliphatic hydroxyl groups is 1. The van der Waals surface area contributed by atoms with Crippen LogP contribution in [-0.2, 0) is 4.74 Å². The van der Waals surface area contributed by atoms with Gasteiger partial charge in [-0.3, -0.25) is 0 Å². The van der Waals surface area contributed by atoms with E-state index in [4.69, 9.17) is 15.2 Å². The maximum absolute atomic E-state index is 13.6. The molecule has 23 heavy (non-hydrogen) atoms. The number of hydrogen-bond acceptors (Lipinski definition) is 5. The number of rotatable bonds is 1. The molecule has 0 unspecified atom stereocenters. The molecule has 120 valence electrons. The van der Waals surface area contributed by atoms with Gasteiger partial charge in [-0.15, -0.1) is 0 Å². The quantitative estimate of drug-likeness (QED) is 0.844. The summed E-state index contributed by atoms with van der Waals surface area (Å²) in [6, 6.07) is 11.0. The first kappa shape index (κ1) is 14.4. The molecule has 2 aromatic rings. The maximum Gasteiger partial charge on any atom is 0.154 e. The molecule has 3 atom stereocenters. The third kappa shape index (κ3) is 2.35. The first-order valence-electron chi connectivity index (χ1n) is 7.52. The number of anilines is 2. The summed E-state index contributed by atoms with van der Waals surface area (Å²) in [5.41, 5.74) is 7.43. The highest BCUT2D eigenvalue weighted by Gasteiger charge is 2.39. The summed E-state index contributed by atoms with van der Waals surface area (Å²) in [4.78, 5) is 1.93. The minimum atomic E-state index is -0.757. The molecule has 2 aliphatic heterocycles. The van der Waals surface area contributed by atoms with Crippen LogP contribution in [0.15, 0.2) is 42.5 Å². The minimum absolute atomic E-state index is 0.319. The zero-order valence-electron chi connectivity index (χ0n) is 12.4. The van der Waals surface area contributed by atoms with Gasteiger partial charge in [-0.25, -0.2) is 4.39 Å². The number of fused-ring (bicyclic) bond motifs is 2. The molecule has 0 saturated carbocycles. The Hall–Kier alpha value is -2.15. The molecule has 1 fully saturated rings. The minimum Gasteiger partial charge on any atom is -0.453 e. The van der Waals surface area contributed by atoms with Gasteiger partial charge in [-0.2, -0.15) is 0 Å². The van der Waals surface area contributed by atoms with Gasteiger partial charge in [-0.05, 0) is 24.3 Å². The third-order valence-corrected chi connectivity index (χ3v) is 4.29. The zero-order valence-corrected chi connectivity index (χ0v) is 12.4. The Morgan fingerprint density at radius 1 is 1.09 bits per heavy atom. The van der Waals surface area contributed by atoms with E-state index in [0.29, 0.717) is 30.4 Å². The molecule has 4 rings (SSSR count).